The predicted molar refractivity (Wildman–Crippen MR) is 50.5 cm³/mol. The molecule has 0 rings (SSSR count). The molecule has 0 aliphatic carbocycles. The molecule has 0 aliphatic heterocycles. The zero-order valence-corrected chi connectivity index (χ0v) is 11.1. The number of hydrogen-bond acceptors (Lipinski definition) is 2. The molecule has 0 aliphatic rings. The molecule has 0 heterocycles. The third kappa shape index (κ3) is 15.6. The summed E-state index contributed by atoms with van der Waals surface area (Å²) in [5.41, 5.74) is 0. The average molecular weight is 290 g/mol. The monoisotopic (exact) mass is 292 g/mol. The summed E-state index contributed by atoms with van der Waals surface area (Å²) >= 11 is 0. The fraction of sp³-hybridized carbons (Fsp3) is 1.00. The van der Waals surface area contributed by atoms with E-state index < -0.39 is 8.25 Å². The minimum atomic E-state index is -2.68. The second-order valence-corrected chi connectivity index (χ2v) is 3.70. The van der Waals surface area contributed by atoms with Crippen LogP contribution in [-0.4, -0.2) is 11.5 Å². The molecular weight excluding hydrogens is 271 g/mol. The Hall–Kier alpha value is 0.838. The normalized spacial score (nSPS) is 12.2. The minimum absolute atomic E-state index is 0. The van der Waals surface area contributed by atoms with Crippen LogP contribution in [0.5, 0.6) is 0 Å². The van der Waals surface area contributed by atoms with E-state index in [9.17, 15) is 4.57 Å². The van der Waals surface area contributed by atoms with Crippen LogP contribution in [0.1, 0.15) is 45.4 Å². The Morgan fingerprint density at radius 1 is 1.15 bits per heavy atom. The van der Waals surface area contributed by atoms with Gasteiger partial charge in [-0.25, -0.2) is 0 Å². The van der Waals surface area contributed by atoms with Crippen LogP contribution < -0.4 is 0 Å². The van der Waals surface area contributed by atoms with E-state index in [0.29, 0.717) is 6.61 Å². The van der Waals surface area contributed by atoms with E-state index >= 15 is 0 Å². The van der Waals surface area contributed by atoms with Gasteiger partial charge >= 0.3 is 8.25 Å². The molecule has 0 bridgehead atoms. The molecule has 80 valence electrons. The summed E-state index contributed by atoms with van der Waals surface area (Å²) in [7, 11) is -2.68. The van der Waals surface area contributed by atoms with Crippen molar-refractivity contribution >= 4 is 8.25 Å². The molecule has 1 atom stereocenters. The van der Waals surface area contributed by atoms with Gasteiger partial charge in [-0.15, -0.1) is 0 Å². The van der Waals surface area contributed by atoms with Crippen LogP contribution in [0.2, 0.25) is 0 Å². The molecule has 13 heavy (non-hydrogen) atoms. The zero-order chi connectivity index (χ0) is 9.23. The van der Waals surface area contributed by atoms with Gasteiger partial charge in [0.25, 0.3) is 0 Å². The molecule has 3 nitrogen and oxygen atoms in total. The molecule has 0 amide bonds. The fourth-order valence-corrected chi connectivity index (χ4v) is 1.36. The van der Waals surface area contributed by atoms with E-state index in [1.807, 2.05) is 0 Å². The summed E-state index contributed by atoms with van der Waals surface area (Å²) in [6, 6.07) is 0. The van der Waals surface area contributed by atoms with Gasteiger partial charge in [-0.05, 0) is 6.42 Å². The number of hydrogen-bond donors (Lipinski definition) is 1. The Morgan fingerprint density at radius 3 is 2.23 bits per heavy atom. The second kappa shape index (κ2) is 12.8. The molecule has 0 aromatic carbocycles. The molecule has 0 radical (unpaired) electrons. The smallest absolute Gasteiger partial charge is 0.316 e. The fourth-order valence-electron chi connectivity index (χ4n) is 1.04. The summed E-state index contributed by atoms with van der Waals surface area (Å²) in [4.78, 5) is 8.32. The molecule has 0 fully saturated rings. The van der Waals surface area contributed by atoms with Crippen LogP contribution in [0.4, 0.5) is 0 Å². The van der Waals surface area contributed by atoms with E-state index in [-0.39, 0.29) is 21.1 Å². The van der Waals surface area contributed by atoms with Crippen LogP contribution in [0.15, 0.2) is 0 Å². The van der Waals surface area contributed by atoms with Crippen molar-refractivity contribution in [2.24, 2.45) is 0 Å². The summed E-state index contributed by atoms with van der Waals surface area (Å²) in [6.07, 6.45) is 7.03. The minimum Gasteiger partial charge on any atom is -0.326 e. The zero-order valence-electron chi connectivity index (χ0n) is 8.12. The van der Waals surface area contributed by atoms with Gasteiger partial charge in [-0.1, -0.05) is 39.0 Å². The summed E-state index contributed by atoms with van der Waals surface area (Å²) in [6.45, 7) is 2.61. The molecule has 1 unspecified atom stereocenters. The van der Waals surface area contributed by atoms with Gasteiger partial charge in [-0.3, -0.25) is 4.57 Å². The summed E-state index contributed by atoms with van der Waals surface area (Å²) < 4.78 is 14.6. The molecule has 0 aromatic rings. The molecule has 0 saturated heterocycles. The molecule has 0 saturated carbocycles. The molecule has 0 spiro atoms. The van der Waals surface area contributed by atoms with Crippen molar-refractivity contribution in [3.8, 4) is 0 Å². The van der Waals surface area contributed by atoms with E-state index in [0.717, 1.165) is 12.8 Å². The van der Waals surface area contributed by atoms with Crippen molar-refractivity contribution in [3.05, 3.63) is 0 Å². The van der Waals surface area contributed by atoms with Crippen molar-refractivity contribution < 1.29 is 35.0 Å². The summed E-state index contributed by atoms with van der Waals surface area (Å²) in [5, 5.41) is 0. The molecule has 1 N–H and O–H groups in total. The largest absolute Gasteiger partial charge is 0.326 e. The third-order valence-electron chi connectivity index (χ3n) is 1.72. The van der Waals surface area contributed by atoms with Crippen LogP contribution in [-0.2, 0) is 30.2 Å². The Morgan fingerprint density at radius 2 is 1.69 bits per heavy atom. The first-order chi connectivity index (χ1) is 5.77. The van der Waals surface area contributed by atoms with Crippen molar-refractivity contribution in [2.45, 2.75) is 45.4 Å². The first-order valence-corrected chi connectivity index (χ1v) is 5.89. The average Bonchev–Trinajstić information content (AvgIpc) is 2.02. The quantitative estimate of drug-likeness (QED) is 0.425. The van der Waals surface area contributed by atoms with Crippen LogP contribution >= 0.6 is 8.25 Å². The molecular formula is C8H19MoO3P. The standard InChI is InChI=1S/C8H19O3P.Mo/c1-2-3-4-5-6-7-8-11-12(9)10;/h12H,2-8H2,1H3,(H,9,10);. The molecule has 5 heteroatoms. The SMILES string of the molecule is CCCCCCCCO[PH](=O)O.[Mo]. The van der Waals surface area contributed by atoms with Gasteiger partial charge in [0, 0.05) is 21.1 Å². The van der Waals surface area contributed by atoms with Gasteiger partial charge in [0.15, 0.2) is 0 Å². The van der Waals surface area contributed by atoms with Crippen molar-refractivity contribution in [1.29, 1.82) is 0 Å². The van der Waals surface area contributed by atoms with E-state index in [2.05, 4.69) is 11.4 Å². The van der Waals surface area contributed by atoms with E-state index in [4.69, 9.17) is 4.89 Å². The van der Waals surface area contributed by atoms with Crippen molar-refractivity contribution in [1.82, 2.24) is 0 Å². The first-order valence-electron chi connectivity index (χ1n) is 4.63. The van der Waals surface area contributed by atoms with Gasteiger partial charge in [-0.2, -0.15) is 0 Å². The van der Waals surface area contributed by atoms with Gasteiger partial charge in [0.2, 0.25) is 0 Å². The maximum Gasteiger partial charge on any atom is 0.316 e. The second-order valence-electron chi connectivity index (χ2n) is 2.88. The maximum atomic E-state index is 10.1. The Balaban J connectivity index is 0. The van der Waals surface area contributed by atoms with Crippen LogP contribution in [0.25, 0.3) is 0 Å². The van der Waals surface area contributed by atoms with Gasteiger partial charge in [0.1, 0.15) is 0 Å². The van der Waals surface area contributed by atoms with Crippen LogP contribution in [0.3, 0.4) is 0 Å². The number of unbranched alkanes of at least 4 members (excludes halogenated alkanes) is 5. The summed E-state index contributed by atoms with van der Waals surface area (Å²) in [5.74, 6) is 0. The Kier molecular flexibility index (Phi) is 16.1. The third-order valence-corrected chi connectivity index (χ3v) is 2.17. The Labute approximate surface area is 95.5 Å². The van der Waals surface area contributed by atoms with Gasteiger partial charge in [0.05, 0.1) is 6.61 Å². The maximum absolute atomic E-state index is 10.1. The van der Waals surface area contributed by atoms with Crippen molar-refractivity contribution in [3.63, 3.8) is 0 Å². The van der Waals surface area contributed by atoms with E-state index in [1.165, 1.54) is 25.7 Å². The first kappa shape index (κ1) is 16.3. The topological polar surface area (TPSA) is 46.5 Å². The Bertz CT molecular complexity index is 122. The molecule has 0 aromatic heterocycles. The predicted octanol–water partition coefficient (Wildman–Crippen LogP) is 2.74. The van der Waals surface area contributed by atoms with Crippen LogP contribution in [0, 0.1) is 0 Å². The van der Waals surface area contributed by atoms with E-state index in [1.54, 1.807) is 0 Å². The van der Waals surface area contributed by atoms with Crippen molar-refractivity contribution in [2.75, 3.05) is 6.61 Å². The van der Waals surface area contributed by atoms with Gasteiger partial charge < -0.3 is 9.42 Å². The number of rotatable bonds is 8.